The molecule has 0 atom stereocenters. The highest BCUT2D eigenvalue weighted by atomic mass is 79.9. The van der Waals surface area contributed by atoms with E-state index in [4.69, 9.17) is 16.6 Å². The van der Waals surface area contributed by atoms with E-state index in [0.29, 0.717) is 21.7 Å². The molecule has 5 nitrogen and oxygen atoms in total. The fourth-order valence-corrected chi connectivity index (χ4v) is 4.15. The van der Waals surface area contributed by atoms with Gasteiger partial charge in [0.1, 0.15) is 23.1 Å². The van der Waals surface area contributed by atoms with Crippen LogP contribution >= 0.6 is 27.5 Å². The molecule has 0 aliphatic heterocycles. The second-order valence-corrected chi connectivity index (χ2v) is 8.54. The van der Waals surface area contributed by atoms with Crippen LogP contribution in [0.1, 0.15) is 42.4 Å². The van der Waals surface area contributed by atoms with Crippen LogP contribution in [-0.2, 0) is 13.0 Å². The zero-order chi connectivity index (χ0) is 21.3. The van der Waals surface area contributed by atoms with Crippen molar-refractivity contribution >= 4 is 38.7 Å². The first kappa shape index (κ1) is 20.6. The van der Waals surface area contributed by atoms with E-state index in [1.54, 1.807) is 4.57 Å². The van der Waals surface area contributed by atoms with Crippen molar-refractivity contribution in [3.05, 3.63) is 74.9 Å². The molecule has 0 amide bonds. The Hall–Kier alpha value is -2.62. The minimum Gasteiger partial charge on any atom is -0.308 e. The molecule has 152 valence electrons. The number of unbranched alkanes of at least 4 members (excludes halogenated alkanes) is 1. The maximum atomic E-state index is 9.43. The number of imidazole rings is 1. The van der Waals surface area contributed by atoms with Crippen LogP contribution in [-0.4, -0.2) is 19.1 Å². The minimum atomic E-state index is 0.415. The van der Waals surface area contributed by atoms with Crippen molar-refractivity contribution in [3.63, 3.8) is 0 Å². The first-order valence-electron chi connectivity index (χ1n) is 9.90. The van der Waals surface area contributed by atoms with E-state index in [1.165, 1.54) is 0 Å². The van der Waals surface area contributed by atoms with Crippen molar-refractivity contribution in [2.75, 3.05) is 0 Å². The van der Waals surface area contributed by atoms with Gasteiger partial charge in [0.2, 0.25) is 0 Å². The summed E-state index contributed by atoms with van der Waals surface area (Å²) in [7, 11) is 0. The highest BCUT2D eigenvalue weighted by Gasteiger charge is 2.15. The van der Waals surface area contributed by atoms with Crippen LogP contribution in [0.4, 0.5) is 0 Å². The summed E-state index contributed by atoms with van der Waals surface area (Å²) in [6, 6.07) is 12.3. The molecule has 0 saturated carbocycles. The van der Waals surface area contributed by atoms with E-state index < -0.39 is 0 Å². The van der Waals surface area contributed by atoms with Crippen molar-refractivity contribution in [3.8, 4) is 11.8 Å². The molecule has 0 saturated heterocycles. The molecule has 0 aliphatic rings. The molecule has 3 heterocycles. The van der Waals surface area contributed by atoms with Crippen LogP contribution in [0.15, 0.2) is 47.2 Å². The van der Waals surface area contributed by atoms with Crippen LogP contribution in [0.5, 0.6) is 0 Å². The number of pyridine rings is 1. The smallest absolute Gasteiger partial charge is 0.160 e. The van der Waals surface area contributed by atoms with Crippen molar-refractivity contribution in [1.29, 1.82) is 5.26 Å². The molecule has 0 radical (unpaired) electrons. The second-order valence-electron chi connectivity index (χ2n) is 7.31. The number of benzene rings is 1. The molecule has 0 unspecified atom stereocenters. The average molecular weight is 483 g/mol. The monoisotopic (exact) mass is 481 g/mol. The summed E-state index contributed by atoms with van der Waals surface area (Å²) < 4.78 is 4.72. The van der Waals surface area contributed by atoms with Gasteiger partial charge in [-0.2, -0.15) is 5.26 Å². The van der Waals surface area contributed by atoms with Crippen LogP contribution in [0.3, 0.4) is 0 Å². The van der Waals surface area contributed by atoms with Crippen molar-refractivity contribution < 1.29 is 0 Å². The van der Waals surface area contributed by atoms with Gasteiger partial charge < -0.3 is 9.13 Å². The summed E-state index contributed by atoms with van der Waals surface area (Å²) in [6.45, 7) is 4.97. The third kappa shape index (κ3) is 3.76. The standard InChI is InChI=1S/C23H21BrClN5/c1-3-4-5-20-28-22-15(2)10-11-27-23(22)30(20)13-16-6-8-17(9-7-16)29-14-18(24)21(25)19(29)12-26/h6-11,14H,3-5,13H2,1-2H3. The van der Waals surface area contributed by atoms with Gasteiger partial charge in [-0.15, -0.1) is 0 Å². The summed E-state index contributed by atoms with van der Waals surface area (Å²) in [6.07, 6.45) is 6.82. The molecule has 1 aromatic carbocycles. The fourth-order valence-electron chi connectivity index (χ4n) is 3.58. The summed E-state index contributed by atoms with van der Waals surface area (Å²) >= 11 is 9.61. The van der Waals surface area contributed by atoms with Crippen molar-refractivity contribution in [1.82, 2.24) is 19.1 Å². The predicted octanol–water partition coefficient (Wildman–Crippen LogP) is 6.21. The number of nitriles is 1. The number of rotatable bonds is 6. The van der Waals surface area contributed by atoms with Gasteiger partial charge in [-0.3, -0.25) is 0 Å². The Morgan fingerprint density at radius 2 is 1.97 bits per heavy atom. The SMILES string of the molecule is CCCCc1nc2c(C)ccnc2n1Cc1ccc(-n2cc(Br)c(Cl)c2C#N)cc1. The molecular formula is C23H21BrClN5. The largest absolute Gasteiger partial charge is 0.308 e. The van der Waals surface area contributed by atoms with Gasteiger partial charge in [-0.05, 0) is 58.6 Å². The van der Waals surface area contributed by atoms with Gasteiger partial charge in [0.25, 0.3) is 0 Å². The molecule has 4 rings (SSSR count). The average Bonchev–Trinajstić information content (AvgIpc) is 3.25. The molecule has 0 spiro atoms. The highest BCUT2D eigenvalue weighted by Crippen LogP contribution is 2.30. The maximum Gasteiger partial charge on any atom is 0.160 e. The van der Waals surface area contributed by atoms with Crippen LogP contribution in [0, 0.1) is 18.3 Å². The molecule has 3 aromatic heterocycles. The topological polar surface area (TPSA) is 59.4 Å². The lowest BCUT2D eigenvalue weighted by atomic mass is 10.2. The third-order valence-electron chi connectivity index (χ3n) is 5.23. The molecule has 0 N–H and O–H groups in total. The summed E-state index contributed by atoms with van der Waals surface area (Å²) in [4.78, 5) is 9.49. The number of hydrogen-bond donors (Lipinski definition) is 0. The summed E-state index contributed by atoms with van der Waals surface area (Å²) in [5, 5.41) is 9.86. The Morgan fingerprint density at radius 3 is 2.67 bits per heavy atom. The van der Waals surface area contributed by atoms with Crippen LogP contribution in [0.2, 0.25) is 5.02 Å². The molecule has 4 aromatic rings. The number of aryl methyl sites for hydroxylation is 2. The number of fused-ring (bicyclic) bond motifs is 1. The number of hydrogen-bond acceptors (Lipinski definition) is 3. The first-order chi connectivity index (χ1) is 14.5. The molecule has 0 fully saturated rings. The zero-order valence-corrected chi connectivity index (χ0v) is 19.2. The van der Waals surface area contributed by atoms with E-state index in [9.17, 15) is 5.26 Å². The first-order valence-corrected chi connectivity index (χ1v) is 11.1. The predicted molar refractivity (Wildman–Crippen MR) is 123 cm³/mol. The number of aromatic nitrogens is 4. The van der Waals surface area contributed by atoms with Gasteiger partial charge in [0, 0.05) is 24.5 Å². The lowest BCUT2D eigenvalue weighted by Gasteiger charge is -2.10. The van der Waals surface area contributed by atoms with Gasteiger partial charge in [0.05, 0.1) is 16.0 Å². The van der Waals surface area contributed by atoms with Crippen molar-refractivity contribution in [2.24, 2.45) is 0 Å². The van der Waals surface area contributed by atoms with E-state index in [-0.39, 0.29) is 0 Å². The third-order valence-corrected chi connectivity index (χ3v) is 6.44. The lowest BCUT2D eigenvalue weighted by molar-refractivity contribution is 0.686. The van der Waals surface area contributed by atoms with E-state index in [0.717, 1.165) is 53.1 Å². The van der Waals surface area contributed by atoms with E-state index >= 15 is 0 Å². The second kappa shape index (κ2) is 8.63. The maximum absolute atomic E-state index is 9.43. The van der Waals surface area contributed by atoms with Crippen LogP contribution < -0.4 is 0 Å². The van der Waals surface area contributed by atoms with Gasteiger partial charge in [-0.1, -0.05) is 37.1 Å². The molecule has 7 heteroatoms. The Kier molecular flexibility index (Phi) is 5.94. The number of halogens is 2. The molecule has 30 heavy (non-hydrogen) atoms. The van der Waals surface area contributed by atoms with Gasteiger partial charge in [-0.25, -0.2) is 9.97 Å². The Balaban J connectivity index is 1.69. The summed E-state index contributed by atoms with van der Waals surface area (Å²) in [5.74, 6) is 1.07. The van der Waals surface area contributed by atoms with E-state index in [2.05, 4.69) is 57.5 Å². The molecular weight excluding hydrogens is 462 g/mol. The highest BCUT2D eigenvalue weighted by molar-refractivity contribution is 9.10. The van der Waals surface area contributed by atoms with Crippen LogP contribution in [0.25, 0.3) is 16.9 Å². The van der Waals surface area contributed by atoms with Gasteiger partial charge >= 0.3 is 0 Å². The quantitative estimate of drug-likeness (QED) is 0.328. The minimum absolute atomic E-state index is 0.415. The Labute approximate surface area is 189 Å². The van der Waals surface area contributed by atoms with Gasteiger partial charge in [0.15, 0.2) is 5.65 Å². The fraction of sp³-hybridized carbons (Fsp3) is 0.261. The summed E-state index contributed by atoms with van der Waals surface area (Å²) in [5.41, 5.74) is 5.50. The van der Waals surface area contributed by atoms with Crippen molar-refractivity contribution in [2.45, 2.75) is 39.7 Å². The molecule has 0 bridgehead atoms. The lowest BCUT2D eigenvalue weighted by Crippen LogP contribution is -2.06. The zero-order valence-electron chi connectivity index (χ0n) is 16.9. The number of nitrogens with zero attached hydrogens (tertiary/aromatic N) is 5. The normalized spacial score (nSPS) is 11.2. The Bertz CT molecular complexity index is 1250. The Morgan fingerprint density at radius 1 is 1.20 bits per heavy atom. The van der Waals surface area contributed by atoms with E-state index in [1.807, 2.05) is 30.6 Å². The molecule has 0 aliphatic carbocycles.